The van der Waals surface area contributed by atoms with Crippen molar-refractivity contribution in [3.05, 3.63) is 24.2 Å². The van der Waals surface area contributed by atoms with Crippen molar-refractivity contribution >= 4 is 12.1 Å². The molecule has 1 aromatic rings. The van der Waals surface area contributed by atoms with E-state index in [1.54, 1.807) is 12.1 Å². The van der Waals surface area contributed by atoms with E-state index in [1.807, 2.05) is 0 Å². The molecule has 0 amide bonds. The van der Waals surface area contributed by atoms with Gasteiger partial charge in [-0.05, 0) is 31.4 Å². The molecule has 1 N–H and O–H groups in total. The van der Waals surface area contributed by atoms with Crippen molar-refractivity contribution in [3.63, 3.8) is 0 Å². The van der Waals surface area contributed by atoms with Gasteiger partial charge in [-0.25, -0.2) is 0 Å². The van der Waals surface area contributed by atoms with Gasteiger partial charge in [0, 0.05) is 11.8 Å². The highest BCUT2D eigenvalue weighted by molar-refractivity contribution is 5.97. The quantitative estimate of drug-likeness (QED) is 0.783. The number of carbonyl (C=O) groups is 2. The number of rotatable bonds is 2. The average Bonchev–Trinajstić information content (AvgIpc) is 2.85. The number of ketones is 1. The predicted molar refractivity (Wildman–Crippen MR) is 58.3 cm³/mol. The molecule has 1 heterocycles. The van der Waals surface area contributed by atoms with E-state index in [2.05, 4.69) is 0 Å². The number of fused-ring (bicyclic) bond motifs is 2. The Hall–Kier alpha value is -1.42. The molecule has 0 radical (unpaired) electrons. The minimum Gasteiger partial charge on any atom is -0.469 e. The Morgan fingerprint density at radius 2 is 2.35 bits per heavy atom. The van der Waals surface area contributed by atoms with Gasteiger partial charge in [0.05, 0.1) is 12.2 Å². The molecule has 17 heavy (non-hydrogen) atoms. The molecule has 2 aliphatic carbocycles. The first kappa shape index (κ1) is 10.7. The van der Waals surface area contributed by atoms with Gasteiger partial charge in [-0.1, -0.05) is 0 Å². The van der Waals surface area contributed by atoms with E-state index in [9.17, 15) is 14.7 Å². The predicted octanol–water partition coefficient (Wildman–Crippen LogP) is 1.29. The molecule has 2 saturated carbocycles. The van der Waals surface area contributed by atoms with Crippen molar-refractivity contribution in [1.82, 2.24) is 0 Å². The number of Topliss-reactive ketones (excluding diaryl/α,β-unsaturated/α-hetero) is 1. The molecule has 1 aromatic heterocycles. The first-order chi connectivity index (χ1) is 8.18. The normalized spacial score (nSPS) is 40.5. The van der Waals surface area contributed by atoms with E-state index in [1.165, 1.54) is 6.26 Å². The molecule has 4 heteroatoms. The lowest BCUT2D eigenvalue weighted by molar-refractivity contribution is -0.145. The Labute approximate surface area is 98.6 Å². The number of furan rings is 1. The van der Waals surface area contributed by atoms with Gasteiger partial charge in [-0.3, -0.25) is 4.79 Å². The molecule has 0 unspecified atom stereocenters. The SMILES string of the molecule is O=C[C@@H]1[C@@H](c2ccco2)[C@@H]2CCC[C@@]1(O)C2=O. The van der Waals surface area contributed by atoms with Crippen molar-refractivity contribution in [3.8, 4) is 0 Å². The van der Waals surface area contributed by atoms with Crippen LogP contribution in [0.15, 0.2) is 22.8 Å². The van der Waals surface area contributed by atoms with E-state index in [0.29, 0.717) is 12.2 Å². The maximum atomic E-state index is 12.1. The summed E-state index contributed by atoms with van der Waals surface area (Å²) in [5.41, 5.74) is -1.46. The third kappa shape index (κ3) is 1.27. The van der Waals surface area contributed by atoms with Gasteiger partial charge in [0.1, 0.15) is 17.6 Å². The van der Waals surface area contributed by atoms with E-state index in [0.717, 1.165) is 19.1 Å². The summed E-state index contributed by atoms with van der Waals surface area (Å²) in [6.07, 6.45) is 4.17. The van der Waals surface area contributed by atoms with Crippen LogP contribution in [0.5, 0.6) is 0 Å². The first-order valence-electron chi connectivity index (χ1n) is 5.94. The van der Waals surface area contributed by atoms with Gasteiger partial charge in [-0.2, -0.15) is 0 Å². The summed E-state index contributed by atoms with van der Waals surface area (Å²) in [6, 6.07) is 3.52. The number of hydrogen-bond donors (Lipinski definition) is 1. The molecular formula is C13H14O4. The average molecular weight is 234 g/mol. The minimum absolute atomic E-state index is 0.178. The lowest BCUT2D eigenvalue weighted by atomic mass is 9.82. The number of aldehydes is 1. The van der Waals surface area contributed by atoms with Gasteiger partial charge in [-0.15, -0.1) is 0 Å². The van der Waals surface area contributed by atoms with Crippen LogP contribution in [0.25, 0.3) is 0 Å². The van der Waals surface area contributed by atoms with Crippen molar-refractivity contribution < 1.29 is 19.1 Å². The Morgan fingerprint density at radius 1 is 1.53 bits per heavy atom. The fraction of sp³-hybridized carbons (Fsp3) is 0.538. The van der Waals surface area contributed by atoms with E-state index in [-0.39, 0.29) is 17.6 Å². The van der Waals surface area contributed by atoms with Gasteiger partial charge >= 0.3 is 0 Å². The zero-order chi connectivity index (χ0) is 12.0. The molecule has 4 atom stereocenters. The summed E-state index contributed by atoms with van der Waals surface area (Å²) in [4.78, 5) is 23.4. The second-order valence-electron chi connectivity index (χ2n) is 4.99. The second kappa shape index (κ2) is 3.53. The molecule has 0 aliphatic heterocycles. The van der Waals surface area contributed by atoms with Crippen LogP contribution < -0.4 is 0 Å². The fourth-order valence-electron chi connectivity index (χ4n) is 3.44. The first-order valence-corrected chi connectivity index (χ1v) is 5.94. The van der Waals surface area contributed by atoms with Gasteiger partial charge in [0.15, 0.2) is 5.78 Å². The molecule has 4 nitrogen and oxygen atoms in total. The Bertz CT molecular complexity index is 450. The van der Waals surface area contributed by atoms with Crippen LogP contribution in [0.2, 0.25) is 0 Å². The highest BCUT2D eigenvalue weighted by Crippen LogP contribution is 2.53. The van der Waals surface area contributed by atoms with Crippen molar-refractivity contribution in [2.24, 2.45) is 11.8 Å². The molecule has 2 aliphatic rings. The molecule has 2 bridgehead atoms. The molecule has 2 fully saturated rings. The third-order valence-corrected chi connectivity index (χ3v) is 4.23. The van der Waals surface area contributed by atoms with Crippen molar-refractivity contribution in [2.45, 2.75) is 30.8 Å². The molecule has 90 valence electrons. The standard InChI is InChI=1S/C13H14O4/c14-7-9-11(10-4-2-6-17-10)8-3-1-5-13(9,16)12(8)15/h2,4,6-9,11,16H,1,3,5H2/t8-,9+,11-,13-/m0/s1. The molecular weight excluding hydrogens is 220 g/mol. The van der Waals surface area contributed by atoms with Gasteiger partial charge in [0.2, 0.25) is 0 Å². The van der Waals surface area contributed by atoms with Crippen LogP contribution in [-0.4, -0.2) is 22.8 Å². The van der Waals surface area contributed by atoms with Gasteiger partial charge in [0.25, 0.3) is 0 Å². The smallest absolute Gasteiger partial charge is 0.168 e. The lowest BCUT2D eigenvalue weighted by Crippen LogP contribution is -2.44. The maximum absolute atomic E-state index is 12.1. The molecule has 3 rings (SSSR count). The highest BCUT2D eigenvalue weighted by Gasteiger charge is 2.62. The minimum atomic E-state index is -1.46. The monoisotopic (exact) mass is 234 g/mol. The topological polar surface area (TPSA) is 67.5 Å². The zero-order valence-electron chi connectivity index (χ0n) is 9.33. The van der Waals surface area contributed by atoms with E-state index >= 15 is 0 Å². The fourth-order valence-corrected chi connectivity index (χ4v) is 3.44. The second-order valence-corrected chi connectivity index (χ2v) is 4.99. The Morgan fingerprint density at radius 3 is 3.00 bits per heavy atom. The highest BCUT2D eigenvalue weighted by atomic mass is 16.3. The van der Waals surface area contributed by atoms with Crippen LogP contribution in [0.3, 0.4) is 0 Å². The van der Waals surface area contributed by atoms with Gasteiger partial charge < -0.3 is 14.3 Å². The summed E-state index contributed by atoms with van der Waals surface area (Å²) in [5.74, 6) is -0.758. The Kier molecular flexibility index (Phi) is 2.23. The maximum Gasteiger partial charge on any atom is 0.168 e. The zero-order valence-corrected chi connectivity index (χ0v) is 9.33. The van der Waals surface area contributed by atoms with Crippen LogP contribution >= 0.6 is 0 Å². The number of aliphatic hydroxyl groups is 1. The van der Waals surface area contributed by atoms with Crippen LogP contribution in [0.1, 0.15) is 30.9 Å². The lowest BCUT2D eigenvalue weighted by Gasteiger charge is -2.27. The Balaban J connectivity index is 2.09. The van der Waals surface area contributed by atoms with Crippen molar-refractivity contribution in [1.29, 1.82) is 0 Å². The van der Waals surface area contributed by atoms with E-state index in [4.69, 9.17) is 4.42 Å². The summed E-state index contributed by atoms with van der Waals surface area (Å²) >= 11 is 0. The third-order valence-electron chi connectivity index (χ3n) is 4.23. The largest absolute Gasteiger partial charge is 0.469 e. The molecule has 0 aromatic carbocycles. The summed E-state index contributed by atoms with van der Waals surface area (Å²) in [6.45, 7) is 0. The number of hydrogen-bond acceptors (Lipinski definition) is 4. The summed E-state index contributed by atoms with van der Waals surface area (Å²) < 4.78 is 5.33. The summed E-state index contributed by atoms with van der Waals surface area (Å²) in [5, 5.41) is 10.4. The van der Waals surface area contributed by atoms with Crippen LogP contribution in [-0.2, 0) is 9.59 Å². The molecule has 0 saturated heterocycles. The van der Waals surface area contributed by atoms with Crippen LogP contribution in [0, 0.1) is 11.8 Å². The van der Waals surface area contributed by atoms with Crippen molar-refractivity contribution in [2.75, 3.05) is 0 Å². The van der Waals surface area contributed by atoms with E-state index < -0.39 is 11.5 Å². The van der Waals surface area contributed by atoms with Crippen LogP contribution in [0.4, 0.5) is 0 Å². The number of carbonyl (C=O) groups excluding carboxylic acids is 2. The molecule has 0 spiro atoms. The summed E-state index contributed by atoms with van der Waals surface area (Å²) in [7, 11) is 0.